The first-order chi connectivity index (χ1) is 14.4. The lowest BCUT2D eigenvalue weighted by molar-refractivity contribution is 0.391. The fourth-order valence-electron chi connectivity index (χ4n) is 3.78. The molecule has 0 amide bonds. The quantitative estimate of drug-likeness (QED) is 0.263. The normalized spacial score (nSPS) is 12.4. The zero-order valence-corrected chi connectivity index (χ0v) is 21.5. The summed E-state index contributed by atoms with van der Waals surface area (Å²) < 4.78 is 7.30. The summed E-state index contributed by atoms with van der Waals surface area (Å²) in [5, 5.41) is 15.5. The van der Waals surface area contributed by atoms with Crippen molar-refractivity contribution in [1.29, 1.82) is 0 Å². The number of para-hydroxylation sites is 1. The summed E-state index contributed by atoms with van der Waals surface area (Å²) in [5.41, 5.74) is 6.42. The van der Waals surface area contributed by atoms with Crippen molar-refractivity contribution >= 4 is 29.9 Å². The number of hydrogen-bond donors (Lipinski definition) is 2. The Balaban J connectivity index is 0.00000341. The predicted molar refractivity (Wildman–Crippen MR) is 136 cm³/mol. The van der Waals surface area contributed by atoms with Crippen molar-refractivity contribution < 1.29 is 4.52 Å². The molecule has 0 aliphatic heterocycles. The molecule has 3 rings (SSSR count). The molecule has 0 spiro atoms. The first-order valence-electron chi connectivity index (χ1n) is 10.5. The molecule has 0 aliphatic carbocycles. The lowest BCUT2D eigenvalue weighted by atomic mass is 10.00. The van der Waals surface area contributed by atoms with Crippen LogP contribution in [0.25, 0.3) is 5.69 Å². The molecule has 0 radical (unpaired) electrons. The summed E-state index contributed by atoms with van der Waals surface area (Å²) in [6, 6.07) is 10.4. The lowest BCUT2D eigenvalue weighted by Crippen LogP contribution is -2.39. The van der Waals surface area contributed by atoms with E-state index in [1.807, 2.05) is 37.6 Å². The summed E-state index contributed by atoms with van der Waals surface area (Å²) in [4.78, 5) is 4.82. The van der Waals surface area contributed by atoms with Crippen molar-refractivity contribution in [2.75, 3.05) is 13.1 Å². The van der Waals surface area contributed by atoms with E-state index in [2.05, 4.69) is 59.9 Å². The molecule has 1 unspecified atom stereocenters. The van der Waals surface area contributed by atoms with E-state index in [1.54, 1.807) is 0 Å². The molecular formula is C23H33IN6O. The molecule has 31 heavy (non-hydrogen) atoms. The Morgan fingerprint density at radius 3 is 2.52 bits per heavy atom. The topological polar surface area (TPSA) is 80.3 Å². The highest BCUT2D eigenvalue weighted by atomic mass is 127. The number of benzene rings is 1. The molecule has 7 nitrogen and oxygen atoms in total. The first-order valence-corrected chi connectivity index (χ1v) is 10.5. The number of halogens is 1. The molecule has 8 heteroatoms. The predicted octanol–water partition coefficient (Wildman–Crippen LogP) is 4.57. The van der Waals surface area contributed by atoms with Crippen molar-refractivity contribution in [3.8, 4) is 5.69 Å². The van der Waals surface area contributed by atoms with Crippen molar-refractivity contribution in [2.45, 2.75) is 54.0 Å². The highest BCUT2D eigenvalue weighted by molar-refractivity contribution is 14.0. The third-order valence-corrected chi connectivity index (χ3v) is 5.14. The summed E-state index contributed by atoms with van der Waals surface area (Å²) in [7, 11) is 0. The van der Waals surface area contributed by atoms with E-state index in [9.17, 15) is 0 Å². The SMILES string of the molecule is CCNC(=NCc1ccccc1-n1nc(C)cc1C)NCC(C)c1c(C)noc1C.I. The largest absolute Gasteiger partial charge is 0.361 e. The smallest absolute Gasteiger partial charge is 0.191 e. The molecule has 2 heterocycles. The molecule has 2 aromatic heterocycles. The second kappa shape index (κ2) is 11.3. The van der Waals surface area contributed by atoms with Crippen LogP contribution in [0.4, 0.5) is 0 Å². The maximum Gasteiger partial charge on any atom is 0.191 e. The van der Waals surface area contributed by atoms with Gasteiger partial charge in [0.15, 0.2) is 5.96 Å². The molecule has 0 saturated carbocycles. The second-order valence-corrected chi connectivity index (χ2v) is 7.68. The van der Waals surface area contributed by atoms with Gasteiger partial charge in [0.05, 0.1) is 23.6 Å². The third-order valence-electron chi connectivity index (χ3n) is 5.14. The molecule has 0 saturated heterocycles. The van der Waals surface area contributed by atoms with E-state index in [0.29, 0.717) is 6.54 Å². The fourth-order valence-corrected chi connectivity index (χ4v) is 3.78. The molecule has 0 fully saturated rings. The van der Waals surface area contributed by atoms with E-state index < -0.39 is 0 Å². The van der Waals surface area contributed by atoms with Crippen LogP contribution in [0.2, 0.25) is 0 Å². The minimum atomic E-state index is 0. The summed E-state index contributed by atoms with van der Waals surface area (Å²) >= 11 is 0. The van der Waals surface area contributed by atoms with Gasteiger partial charge in [0.25, 0.3) is 0 Å². The molecular weight excluding hydrogens is 503 g/mol. The Hall–Kier alpha value is -2.36. The van der Waals surface area contributed by atoms with Gasteiger partial charge in [-0.05, 0) is 52.3 Å². The fraction of sp³-hybridized carbons (Fsp3) is 0.435. The number of aliphatic imine (C=N–C) groups is 1. The maximum absolute atomic E-state index is 5.31. The standard InChI is InChI=1S/C23H32N6O.HI/c1-7-24-23(25-13-15(2)22-18(5)28-30-19(22)6)26-14-20-10-8-9-11-21(20)29-17(4)12-16(3)27-29;/h8-12,15H,7,13-14H2,1-6H3,(H2,24,25,26);1H. The van der Waals surface area contributed by atoms with E-state index in [4.69, 9.17) is 9.52 Å². The molecule has 0 aliphatic rings. The molecule has 1 aromatic carbocycles. The Morgan fingerprint density at radius 2 is 1.90 bits per heavy atom. The number of aromatic nitrogens is 3. The van der Waals surface area contributed by atoms with E-state index >= 15 is 0 Å². The van der Waals surface area contributed by atoms with Gasteiger partial charge in [-0.2, -0.15) is 5.10 Å². The number of guanidine groups is 1. The Bertz CT molecular complexity index is 1000. The lowest BCUT2D eigenvalue weighted by Gasteiger charge is -2.16. The average Bonchev–Trinajstić information content (AvgIpc) is 3.24. The summed E-state index contributed by atoms with van der Waals surface area (Å²) in [6.07, 6.45) is 0. The maximum atomic E-state index is 5.31. The second-order valence-electron chi connectivity index (χ2n) is 7.68. The highest BCUT2D eigenvalue weighted by Gasteiger charge is 2.16. The van der Waals surface area contributed by atoms with Gasteiger partial charge in [0.1, 0.15) is 5.76 Å². The van der Waals surface area contributed by atoms with Gasteiger partial charge in [-0.25, -0.2) is 9.67 Å². The van der Waals surface area contributed by atoms with E-state index in [-0.39, 0.29) is 29.9 Å². The number of nitrogens with one attached hydrogen (secondary N) is 2. The average molecular weight is 536 g/mol. The van der Waals surface area contributed by atoms with Gasteiger partial charge in [-0.15, -0.1) is 24.0 Å². The minimum absolute atomic E-state index is 0. The van der Waals surface area contributed by atoms with Crippen molar-refractivity contribution in [3.05, 3.63) is 64.3 Å². The van der Waals surface area contributed by atoms with Crippen molar-refractivity contribution in [1.82, 2.24) is 25.6 Å². The summed E-state index contributed by atoms with van der Waals surface area (Å²) in [6.45, 7) is 14.4. The summed E-state index contributed by atoms with van der Waals surface area (Å²) in [5.74, 6) is 1.93. The van der Waals surface area contributed by atoms with Crippen LogP contribution < -0.4 is 10.6 Å². The molecule has 1 atom stereocenters. The Kier molecular flexibility index (Phi) is 9.09. The van der Waals surface area contributed by atoms with Crippen molar-refractivity contribution in [3.63, 3.8) is 0 Å². The van der Waals surface area contributed by atoms with Crippen molar-refractivity contribution in [2.24, 2.45) is 4.99 Å². The van der Waals surface area contributed by atoms with Crippen LogP contribution in [0.5, 0.6) is 0 Å². The van der Waals surface area contributed by atoms with Crippen LogP contribution in [0.3, 0.4) is 0 Å². The van der Waals surface area contributed by atoms with Gasteiger partial charge in [0, 0.05) is 30.3 Å². The van der Waals surface area contributed by atoms with Crippen LogP contribution in [0, 0.1) is 27.7 Å². The first kappa shape index (κ1) is 24.9. The number of hydrogen-bond acceptors (Lipinski definition) is 4. The Labute approximate surface area is 201 Å². The van der Waals surface area contributed by atoms with Crippen LogP contribution in [-0.2, 0) is 6.54 Å². The van der Waals surface area contributed by atoms with E-state index in [0.717, 1.165) is 58.7 Å². The van der Waals surface area contributed by atoms with Crippen LogP contribution >= 0.6 is 24.0 Å². The van der Waals surface area contributed by atoms with E-state index in [1.165, 1.54) is 0 Å². The van der Waals surface area contributed by atoms with Gasteiger partial charge in [-0.3, -0.25) is 0 Å². The monoisotopic (exact) mass is 536 g/mol. The minimum Gasteiger partial charge on any atom is -0.361 e. The molecule has 2 N–H and O–H groups in total. The van der Waals surface area contributed by atoms with Gasteiger partial charge in [-0.1, -0.05) is 30.3 Å². The third kappa shape index (κ3) is 6.09. The number of aryl methyl sites for hydroxylation is 4. The zero-order valence-electron chi connectivity index (χ0n) is 19.2. The number of rotatable bonds is 7. The number of nitrogens with zero attached hydrogens (tertiary/aromatic N) is 4. The van der Waals surface area contributed by atoms with Crippen LogP contribution in [0.1, 0.15) is 53.7 Å². The van der Waals surface area contributed by atoms with Gasteiger partial charge < -0.3 is 15.2 Å². The molecule has 168 valence electrons. The van der Waals surface area contributed by atoms with Gasteiger partial charge in [0.2, 0.25) is 0 Å². The highest BCUT2D eigenvalue weighted by Crippen LogP contribution is 2.22. The van der Waals surface area contributed by atoms with Crippen LogP contribution in [0.15, 0.2) is 39.8 Å². The van der Waals surface area contributed by atoms with Crippen LogP contribution in [-0.4, -0.2) is 34.0 Å². The Morgan fingerprint density at radius 1 is 1.16 bits per heavy atom. The molecule has 0 bridgehead atoms. The molecule has 3 aromatic rings. The van der Waals surface area contributed by atoms with Gasteiger partial charge >= 0.3 is 0 Å². The zero-order chi connectivity index (χ0) is 21.7.